The molecular weight excluding hydrogens is 178 g/mol. The smallest absolute Gasteiger partial charge is 0.00417 e. The van der Waals surface area contributed by atoms with Gasteiger partial charge in [0.2, 0.25) is 0 Å². The second kappa shape index (κ2) is 7.69. The fraction of sp³-hybridized carbons (Fsp3) is 1.00. The van der Waals surface area contributed by atoms with E-state index in [4.69, 9.17) is 0 Å². The number of rotatable bonds is 7. The van der Waals surface area contributed by atoms with Crippen LogP contribution in [-0.4, -0.2) is 23.6 Å². The van der Waals surface area contributed by atoms with E-state index in [0.717, 1.165) is 17.7 Å². The van der Waals surface area contributed by atoms with Crippen LogP contribution in [0.15, 0.2) is 0 Å². The summed E-state index contributed by atoms with van der Waals surface area (Å²) in [4.78, 5) is 0. The number of hydrogen-bond acceptors (Lipinski definition) is 2. The number of hydrogen-bond donors (Lipinski definition) is 1. The normalized spacial score (nSPS) is 14.1. The van der Waals surface area contributed by atoms with Crippen molar-refractivity contribution in [1.82, 2.24) is 5.32 Å². The molecule has 0 radical (unpaired) electrons. The Morgan fingerprint density at radius 1 is 1.08 bits per heavy atom. The van der Waals surface area contributed by atoms with Crippen molar-refractivity contribution in [3.63, 3.8) is 0 Å². The molecule has 1 unspecified atom stereocenters. The average molecular weight is 203 g/mol. The lowest BCUT2D eigenvalue weighted by molar-refractivity contribution is 0.584. The van der Waals surface area contributed by atoms with Crippen LogP contribution >= 0.6 is 11.8 Å². The molecule has 0 aromatic carbocycles. The Balaban J connectivity index is 3.16. The molecule has 1 atom stereocenters. The van der Waals surface area contributed by atoms with Crippen LogP contribution in [-0.2, 0) is 0 Å². The van der Waals surface area contributed by atoms with Crippen molar-refractivity contribution in [2.45, 2.75) is 52.3 Å². The van der Waals surface area contributed by atoms with E-state index in [0.29, 0.717) is 6.04 Å². The van der Waals surface area contributed by atoms with Gasteiger partial charge in [0, 0.05) is 11.3 Å². The van der Waals surface area contributed by atoms with Crippen molar-refractivity contribution in [3.05, 3.63) is 0 Å². The minimum absolute atomic E-state index is 0.632. The van der Waals surface area contributed by atoms with Gasteiger partial charge in [0.1, 0.15) is 0 Å². The molecule has 13 heavy (non-hydrogen) atoms. The summed E-state index contributed by atoms with van der Waals surface area (Å²) < 4.78 is 0. The topological polar surface area (TPSA) is 12.0 Å². The predicted octanol–water partition coefficient (Wildman–Crippen LogP) is 3.15. The molecule has 0 aromatic rings. The predicted molar refractivity (Wildman–Crippen MR) is 64.5 cm³/mol. The largest absolute Gasteiger partial charge is 0.315 e. The lowest BCUT2D eigenvalue weighted by Crippen LogP contribution is -2.24. The highest BCUT2D eigenvalue weighted by Crippen LogP contribution is 2.18. The van der Waals surface area contributed by atoms with E-state index in [9.17, 15) is 0 Å². The maximum Gasteiger partial charge on any atom is 0.00417 e. The second-order valence-corrected chi connectivity index (χ2v) is 5.77. The summed E-state index contributed by atoms with van der Waals surface area (Å²) in [6.07, 6.45) is 1.29. The van der Waals surface area contributed by atoms with Crippen molar-refractivity contribution in [2.24, 2.45) is 5.92 Å². The first-order chi connectivity index (χ1) is 6.04. The van der Waals surface area contributed by atoms with Crippen molar-refractivity contribution < 1.29 is 0 Å². The Morgan fingerprint density at radius 3 is 2.15 bits per heavy atom. The maximum absolute atomic E-state index is 3.44. The third-order valence-corrected chi connectivity index (χ3v) is 3.79. The van der Waals surface area contributed by atoms with Crippen molar-refractivity contribution in [3.8, 4) is 0 Å². The van der Waals surface area contributed by atoms with Crippen molar-refractivity contribution >= 4 is 11.8 Å². The Hall–Kier alpha value is 0.310. The molecule has 0 saturated heterocycles. The Bertz CT molecular complexity index is 113. The molecule has 2 heteroatoms. The third-order valence-electron chi connectivity index (χ3n) is 2.19. The summed E-state index contributed by atoms with van der Waals surface area (Å²) in [5.41, 5.74) is 0. The minimum Gasteiger partial charge on any atom is -0.315 e. The van der Waals surface area contributed by atoms with Gasteiger partial charge in [-0.25, -0.2) is 0 Å². The zero-order valence-corrected chi connectivity index (χ0v) is 10.6. The van der Waals surface area contributed by atoms with Crippen LogP contribution in [0, 0.1) is 5.92 Å². The first-order valence-corrected chi connectivity index (χ1v) is 6.44. The van der Waals surface area contributed by atoms with E-state index in [-0.39, 0.29) is 0 Å². The van der Waals surface area contributed by atoms with Crippen molar-refractivity contribution in [2.75, 3.05) is 12.3 Å². The fourth-order valence-electron chi connectivity index (χ4n) is 0.925. The SMILES string of the molecule is CC(C)NCCCSC(C)C(C)C. The standard InChI is InChI=1S/C11H25NS/c1-9(2)11(5)13-8-6-7-12-10(3)4/h9-12H,6-8H2,1-5H3. The van der Waals surface area contributed by atoms with Gasteiger partial charge in [-0.15, -0.1) is 0 Å². The lowest BCUT2D eigenvalue weighted by Gasteiger charge is -2.15. The molecule has 1 nitrogen and oxygen atoms in total. The van der Waals surface area contributed by atoms with E-state index in [1.54, 1.807) is 0 Å². The van der Waals surface area contributed by atoms with Crippen LogP contribution in [0.2, 0.25) is 0 Å². The summed E-state index contributed by atoms with van der Waals surface area (Å²) in [6, 6.07) is 0.632. The van der Waals surface area contributed by atoms with Crippen LogP contribution < -0.4 is 5.32 Å². The van der Waals surface area contributed by atoms with Gasteiger partial charge < -0.3 is 5.32 Å². The van der Waals surface area contributed by atoms with Crippen LogP contribution in [0.25, 0.3) is 0 Å². The Labute approximate surface area is 88.1 Å². The van der Waals surface area contributed by atoms with Gasteiger partial charge in [0.05, 0.1) is 0 Å². The first kappa shape index (κ1) is 13.3. The van der Waals surface area contributed by atoms with Crippen LogP contribution in [0.1, 0.15) is 41.0 Å². The molecule has 0 aliphatic carbocycles. The average Bonchev–Trinajstić information content (AvgIpc) is 2.02. The zero-order valence-electron chi connectivity index (χ0n) is 9.76. The van der Waals surface area contributed by atoms with Gasteiger partial charge in [-0.3, -0.25) is 0 Å². The van der Waals surface area contributed by atoms with Crippen LogP contribution in [0.4, 0.5) is 0 Å². The summed E-state index contributed by atoms with van der Waals surface area (Å²) in [6.45, 7) is 12.5. The van der Waals surface area contributed by atoms with E-state index < -0.39 is 0 Å². The molecule has 0 heterocycles. The third kappa shape index (κ3) is 8.63. The summed E-state index contributed by atoms with van der Waals surface area (Å²) in [5.74, 6) is 2.10. The molecule has 0 amide bonds. The molecule has 0 aliphatic rings. The second-order valence-electron chi connectivity index (χ2n) is 4.28. The molecule has 0 bridgehead atoms. The zero-order chi connectivity index (χ0) is 10.3. The molecule has 0 spiro atoms. The summed E-state index contributed by atoms with van der Waals surface area (Å²) >= 11 is 2.10. The maximum atomic E-state index is 3.44. The van der Waals surface area contributed by atoms with Gasteiger partial charge in [0.25, 0.3) is 0 Å². The monoisotopic (exact) mass is 203 g/mol. The molecular formula is C11H25NS. The minimum atomic E-state index is 0.632. The Kier molecular flexibility index (Phi) is 7.87. The van der Waals surface area contributed by atoms with E-state index in [1.165, 1.54) is 12.2 Å². The quantitative estimate of drug-likeness (QED) is 0.638. The molecule has 0 saturated carbocycles. The van der Waals surface area contributed by atoms with Crippen LogP contribution in [0.5, 0.6) is 0 Å². The van der Waals surface area contributed by atoms with Crippen LogP contribution in [0.3, 0.4) is 0 Å². The molecule has 0 aliphatic heterocycles. The van der Waals surface area contributed by atoms with Gasteiger partial charge in [0.15, 0.2) is 0 Å². The molecule has 0 aromatic heterocycles. The number of nitrogens with one attached hydrogen (secondary N) is 1. The highest BCUT2D eigenvalue weighted by atomic mass is 32.2. The molecule has 80 valence electrons. The van der Waals surface area contributed by atoms with Gasteiger partial charge in [-0.2, -0.15) is 11.8 Å². The summed E-state index contributed by atoms with van der Waals surface area (Å²) in [7, 11) is 0. The van der Waals surface area contributed by atoms with E-state index in [1.807, 2.05) is 0 Å². The summed E-state index contributed by atoms with van der Waals surface area (Å²) in [5, 5.41) is 4.24. The molecule has 0 rings (SSSR count). The number of thioether (sulfide) groups is 1. The highest BCUT2D eigenvalue weighted by molar-refractivity contribution is 7.99. The molecule has 1 N–H and O–H groups in total. The lowest BCUT2D eigenvalue weighted by atomic mass is 10.2. The highest BCUT2D eigenvalue weighted by Gasteiger charge is 2.06. The van der Waals surface area contributed by atoms with Gasteiger partial charge >= 0.3 is 0 Å². The van der Waals surface area contributed by atoms with Crippen molar-refractivity contribution in [1.29, 1.82) is 0 Å². The van der Waals surface area contributed by atoms with E-state index in [2.05, 4.69) is 51.7 Å². The molecule has 0 fully saturated rings. The Morgan fingerprint density at radius 2 is 1.69 bits per heavy atom. The van der Waals surface area contributed by atoms with Gasteiger partial charge in [-0.05, 0) is 24.6 Å². The fourth-order valence-corrected chi connectivity index (χ4v) is 1.99. The first-order valence-electron chi connectivity index (χ1n) is 5.39. The van der Waals surface area contributed by atoms with E-state index >= 15 is 0 Å². The van der Waals surface area contributed by atoms with Gasteiger partial charge in [-0.1, -0.05) is 34.6 Å².